The van der Waals surface area contributed by atoms with Crippen LogP contribution in [0.5, 0.6) is 0 Å². The number of nitrogens with zero attached hydrogens (tertiary/aromatic N) is 1. The van der Waals surface area contributed by atoms with Gasteiger partial charge in [0, 0.05) is 19.5 Å². The van der Waals surface area contributed by atoms with Gasteiger partial charge in [0.15, 0.2) is 0 Å². The number of carbonyl (C=O) groups excluding carboxylic acids is 2. The number of imide groups is 1. The molecule has 2 fully saturated rings. The minimum atomic E-state index is -2.82. The Bertz CT molecular complexity index is 485. The number of likely N-dealkylation sites (tertiary alicyclic amines) is 1. The van der Waals surface area contributed by atoms with Gasteiger partial charge >= 0.3 is 12.0 Å². The van der Waals surface area contributed by atoms with Crippen molar-refractivity contribution in [2.45, 2.75) is 31.2 Å². The molecule has 9 heteroatoms. The van der Waals surface area contributed by atoms with Gasteiger partial charge in [0.25, 0.3) is 11.8 Å². The highest BCUT2D eigenvalue weighted by molar-refractivity contribution is 6.07. The summed E-state index contributed by atoms with van der Waals surface area (Å²) in [5.41, 5.74) is -1.48. The standard InChI is InChI=1S/C12H17F2N3O4/c1-7(8(18)19)4-11(9(20)15-10(21)16-11)5-17-3-2-12(13,14)6-17/h7H,2-6H2,1H3,(H,18,19)(H2,15,16,20,21). The second-order valence-electron chi connectivity index (χ2n) is 5.75. The summed E-state index contributed by atoms with van der Waals surface area (Å²) in [5.74, 6) is -5.50. The van der Waals surface area contributed by atoms with Crippen LogP contribution >= 0.6 is 0 Å². The van der Waals surface area contributed by atoms with Crippen molar-refractivity contribution in [1.82, 2.24) is 15.5 Å². The van der Waals surface area contributed by atoms with E-state index in [4.69, 9.17) is 5.11 Å². The summed E-state index contributed by atoms with van der Waals surface area (Å²) in [6, 6.07) is -0.733. The number of urea groups is 1. The van der Waals surface area contributed by atoms with Crippen molar-refractivity contribution >= 4 is 17.9 Å². The average molecular weight is 305 g/mol. The first-order valence-corrected chi connectivity index (χ1v) is 6.60. The molecule has 2 heterocycles. The van der Waals surface area contributed by atoms with Crippen molar-refractivity contribution in [3.8, 4) is 0 Å². The van der Waals surface area contributed by atoms with Crippen LogP contribution in [0.3, 0.4) is 0 Å². The Hall–Kier alpha value is -1.77. The van der Waals surface area contributed by atoms with Crippen molar-refractivity contribution in [3.05, 3.63) is 0 Å². The van der Waals surface area contributed by atoms with Gasteiger partial charge in [-0.05, 0) is 6.42 Å². The number of alkyl halides is 2. The molecule has 21 heavy (non-hydrogen) atoms. The first-order valence-electron chi connectivity index (χ1n) is 6.60. The fraction of sp³-hybridized carbons (Fsp3) is 0.750. The Balaban J connectivity index is 2.15. The second kappa shape index (κ2) is 5.21. The third kappa shape index (κ3) is 3.29. The normalized spacial score (nSPS) is 30.0. The molecule has 0 aromatic rings. The van der Waals surface area contributed by atoms with Gasteiger partial charge in [0.05, 0.1) is 12.5 Å². The SMILES string of the molecule is CC(CC1(CN2CCC(F)(F)C2)NC(=O)NC1=O)C(=O)O. The quantitative estimate of drug-likeness (QED) is 0.622. The first kappa shape index (κ1) is 15.6. The first-order chi connectivity index (χ1) is 9.63. The average Bonchev–Trinajstić information content (AvgIpc) is 2.79. The molecule has 0 bridgehead atoms. The van der Waals surface area contributed by atoms with E-state index >= 15 is 0 Å². The Kier molecular flexibility index (Phi) is 3.87. The molecule has 2 unspecified atom stereocenters. The van der Waals surface area contributed by atoms with Gasteiger partial charge < -0.3 is 10.4 Å². The van der Waals surface area contributed by atoms with Crippen LogP contribution in [0.1, 0.15) is 19.8 Å². The minimum Gasteiger partial charge on any atom is -0.481 e. The lowest BCUT2D eigenvalue weighted by molar-refractivity contribution is -0.142. The molecular weight excluding hydrogens is 288 g/mol. The van der Waals surface area contributed by atoms with E-state index in [0.717, 1.165) is 0 Å². The number of aliphatic carboxylic acids is 1. The van der Waals surface area contributed by atoms with Crippen molar-refractivity contribution in [3.63, 3.8) is 0 Å². The number of nitrogens with one attached hydrogen (secondary N) is 2. The molecule has 3 amide bonds. The molecule has 0 aromatic carbocycles. The maximum atomic E-state index is 13.2. The van der Waals surface area contributed by atoms with E-state index in [9.17, 15) is 23.2 Å². The van der Waals surface area contributed by atoms with Crippen molar-refractivity contribution in [1.29, 1.82) is 0 Å². The van der Waals surface area contributed by atoms with E-state index in [1.165, 1.54) is 11.8 Å². The second-order valence-corrected chi connectivity index (χ2v) is 5.75. The van der Waals surface area contributed by atoms with Gasteiger partial charge in [-0.25, -0.2) is 13.6 Å². The molecular formula is C12H17F2N3O4. The zero-order valence-electron chi connectivity index (χ0n) is 11.5. The summed E-state index contributed by atoms with van der Waals surface area (Å²) in [6.07, 6.45) is -0.463. The minimum absolute atomic E-state index is 0.0966. The summed E-state index contributed by atoms with van der Waals surface area (Å²) in [5, 5.41) is 13.4. The molecule has 3 N–H and O–H groups in total. The fourth-order valence-corrected chi connectivity index (χ4v) is 2.78. The Morgan fingerprint density at radius 1 is 1.48 bits per heavy atom. The van der Waals surface area contributed by atoms with Crippen LogP contribution in [0, 0.1) is 5.92 Å². The van der Waals surface area contributed by atoms with E-state index in [1.807, 2.05) is 0 Å². The zero-order valence-corrected chi connectivity index (χ0v) is 11.5. The molecule has 0 aromatic heterocycles. The van der Waals surface area contributed by atoms with Crippen LogP contribution in [0.2, 0.25) is 0 Å². The maximum absolute atomic E-state index is 13.2. The topological polar surface area (TPSA) is 98.7 Å². The third-order valence-electron chi connectivity index (χ3n) is 3.83. The predicted octanol–water partition coefficient (Wildman–Crippen LogP) is 0.0164. The van der Waals surface area contributed by atoms with Crippen LogP contribution in [0.4, 0.5) is 13.6 Å². The highest BCUT2D eigenvalue weighted by Gasteiger charge is 2.51. The van der Waals surface area contributed by atoms with Gasteiger partial charge in [-0.2, -0.15) is 0 Å². The van der Waals surface area contributed by atoms with Crippen LogP contribution < -0.4 is 10.6 Å². The zero-order chi connectivity index (χ0) is 15.8. The third-order valence-corrected chi connectivity index (χ3v) is 3.83. The van der Waals surface area contributed by atoms with Gasteiger partial charge in [-0.3, -0.25) is 19.8 Å². The van der Waals surface area contributed by atoms with Crippen molar-refractivity contribution < 1.29 is 28.3 Å². The van der Waals surface area contributed by atoms with Crippen LogP contribution in [0.25, 0.3) is 0 Å². The summed E-state index contributed by atoms with van der Waals surface area (Å²) in [7, 11) is 0. The van der Waals surface area contributed by atoms with E-state index < -0.39 is 41.8 Å². The molecule has 0 spiro atoms. The predicted molar refractivity (Wildman–Crippen MR) is 66.8 cm³/mol. The summed E-state index contributed by atoms with van der Waals surface area (Å²) in [6.45, 7) is 0.872. The largest absolute Gasteiger partial charge is 0.481 e. The molecule has 2 aliphatic heterocycles. The Morgan fingerprint density at radius 3 is 2.57 bits per heavy atom. The molecule has 118 valence electrons. The van der Waals surface area contributed by atoms with E-state index in [0.29, 0.717) is 0 Å². The van der Waals surface area contributed by atoms with Gasteiger partial charge in [-0.1, -0.05) is 6.92 Å². The molecule has 7 nitrogen and oxygen atoms in total. The molecule has 2 saturated heterocycles. The smallest absolute Gasteiger partial charge is 0.322 e. The Morgan fingerprint density at radius 2 is 2.14 bits per heavy atom. The lowest BCUT2D eigenvalue weighted by Crippen LogP contribution is -2.56. The van der Waals surface area contributed by atoms with Crippen LogP contribution in [0.15, 0.2) is 0 Å². The number of carboxylic acid groups (broad SMARTS) is 1. The van der Waals surface area contributed by atoms with E-state index in [-0.39, 0.29) is 25.9 Å². The molecule has 2 atom stereocenters. The number of carbonyl (C=O) groups is 3. The number of carboxylic acids is 1. The van der Waals surface area contributed by atoms with Crippen LogP contribution in [-0.2, 0) is 9.59 Å². The summed E-state index contributed by atoms with van der Waals surface area (Å²) < 4.78 is 26.5. The van der Waals surface area contributed by atoms with Crippen molar-refractivity contribution in [2.24, 2.45) is 5.92 Å². The number of hydrogen-bond donors (Lipinski definition) is 3. The molecule has 2 rings (SSSR count). The van der Waals surface area contributed by atoms with E-state index in [2.05, 4.69) is 10.6 Å². The van der Waals surface area contributed by atoms with Gasteiger partial charge in [0.2, 0.25) is 0 Å². The van der Waals surface area contributed by atoms with E-state index in [1.54, 1.807) is 0 Å². The summed E-state index contributed by atoms with van der Waals surface area (Å²) >= 11 is 0. The lowest BCUT2D eigenvalue weighted by atomic mass is 9.87. The molecule has 0 radical (unpaired) electrons. The summed E-state index contributed by atoms with van der Waals surface area (Å²) in [4.78, 5) is 35.7. The monoisotopic (exact) mass is 305 g/mol. The lowest BCUT2D eigenvalue weighted by Gasteiger charge is -2.32. The highest BCUT2D eigenvalue weighted by Crippen LogP contribution is 2.30. The highest BCUT2D eigenvalue weighted by atomic mass is 19.3. The number of amides is 3. The molecule has 0 aliphatic carbocycles. The molecule has 2 aliphatic rings. The van der Waals surface area contributed by atoms with Gasteiger partial charge in [-0.15, -0.1) is 0 Å². The number of rotatable bonds is 5. The van der Waals surface area contributed by atoms with Gasteiger partial charge in [0.1, 0.15) is 5.54 Å². The number of halogens is 2. The maximum Gasteiger partial charge on any atom is 0.322 e. The Labute approximate surface area is 119 Å². The van der Waals surface area contributed by atoms with Crippen LogP contribution in [-0.4, -0.2) is 59.0 Å². The number of hydrogen-bond acceptors (Lipinski definition) is 4. The fourth-order valence-electron chi connectivity index (χ4n) is 2.78. The van der Waals surface area contributed by atoms with Crippen molar-refractivity contribution in [2.75, 3.05) is 19.6 Å². The molecule has 0 saturated carbocycles.